The van der Waals surface area contributed by atoms with Crippen molar-refractivity contribution in [3.8, 4) is 17.2 Å². The van der Waals surface area contributed by atoms with E-state index >= 15 is 0 Å². The van der Waals surface area contributed by atoms with Crippen molar-refractivity contribution in [1.82, 2.24) is 14.8 Å². The van der Waals surface area contributed by atoms with Crippen molar-refractivity contribution in [3.63, 3.8) is 0 Å². The van der Waals surface area contributed by atoms with Gasteiger partial charge in [0.2, 0.25) is 5.89 Å². The molecule has 4 aromatic rings. The number of hydrogen-bond donors (Lipinski definition) is 0. The molecule has 7 heteroatoms. The number of hydrogen-bond acceptors (Lipinski definition) is 5. The molecule has 4 rings (SSSR count). The molecule has 0 aliphatic rings. The highest BCUT2D eigenvalue weighted by molar-refractivity contribution is 5.54. The van der Waals surface area contributed by atoms with Crippen LogP contribution in [0.25, 0.3) is 11.5 Å². The molecule has 0 aliphatic carbocycles. The number of ether oxygens (including phenoxy) is 1. The summed E-state index contributed by atoms with van der Waals surface area (Å²) in [5, 5.41) is 4.08. The first-order chi connectivity index (χ1) is 16.3. The smallest absolute Gasteiger partial charge is 0.437 e. The largest absolute Gasteiger partial charge is 0.487 e. The summed E-state index contributed by atoms with van der Waals surface area (Å²) in [6.07, 6.45) is 1.75. The van der Waals surface area contributed by atoms with E-state index in [0.717, 1.165) is 21.7 Å². The minimum absolute atomic E-state index is 0.0485. The molecule has 2 aromatic carbocycles. The molecule has 0 saturated carbocycles. The summed E-state index contributed by atoms with van der Waals surface area (Å²) >= 11 is 0. The Morgan fingerprint density at radius 3 is 2.26 bits per heavy atom. The minimum atomic E-state index is -0.676. The Hall–Kier alpha value is -3.74. The van der Waals surface area contributed by atoms with Crippen LogP contribution in [0.5, 0.6) is 5.75 Å². The molecule has 34 heavy (non-hydrogen) atoms. The van der Waals surface area contributed by atoms with Crippen molar-refractivity contribution >= 4 is 0 Å². The second-order valence-corrected chi connectivity index (χ2v) is 9.19. The monoisotopic (exact) mass is 461 g/mol. The molecule has 2 aromatic heterocycles. The summed E-state index contributed by atoms with van der Waals surface area (Å²) in [4.78, 5) is 16.1. The highest BCUT2D eigenvalue weighted by atomic mass is 19.1. The molecular formula is C27H28FN3O3. The molecule has 0 amide bonds. The Morgan fingerprint density at radius 1 is 1.00 bits per heavy atom. The fourth-order valence-electron chi connectivity index (χ4n) is 4.05. The van der Waals surface area contributed by atoms with Crippen LogP contribution in [-0.2, 0) is 13.2 Å². The van der Waals surface area contributed by atoms with E-state index in [1.807, 2.05) is 54.6 Å². The number of alkyl halides is 1. The number of pyridine rings is 1. The van der Waals surface area contributed by atoms with E-state index < -0.39 is 12.4 Å². The van der Waals surface area contributed by atoms with E-state index in [9.17, 15) is 9.18 Å². The molecule has 1 atom stereocenters. The molecule has 2 heterocycles. The van der Waals surface area contributed by atoms with E-state index in [1.54, 1.807) is 6.20 Å². The van der Waals surface area contributed by atoms with Gasteiger partial charge in [0.25, 0.3) is 0 Å². The van der Waals surface area contributed by atoms with E-state index in [-0.39, 0.29) is 23.8 Å². The molecule has 6 nitrogen and oxygen atoms in total. The topological polar surface area (TPSA) is 70.2 Å². The van der Waals surface area contributed by atoms with Crippen LogP contribution in [0.4, 0.5) is 4.39 Å². The van der Waals surface area contributed by atoms with Crippen LogP contribution >= 0.6 is 0 Å². The molecule has 0 fully saturated rings. The number of halogens is 1. The zero-order valence-corrected chi connectivity index (χ0v) is 19.6. The maximum Gasteiger partial charge on any atom is 0.437 e. The molecule has 176 valence electrons. The van der Waals surface area contributed by atoms with Gasteiger partial charge in [0, 0.05) is 17.7 Å². The van der Waals surface area contributed by atoms with Gasteiger partial charge in [-0.2, -0.15) is 4.68 Å². The van der Waals surface area contributed by atoms with Crippen LogP contribution in [0.15, 0.2) is 82.1 Å². The Bertz CT molecular complexity index is 1260. The third-order valence-electron chi connectivity index (χ3n) is 5.59. The van der Waals surface area contributed by atoms with Gasteiger partial charge in [-0.05, 0) is 52.9 Å². The molecule has 0 bridgehead atoms. The lowest BCUT2D eigenvalue weighted by atomic mass is 9.72. The van der Waals surface area contributed by atoms with Crippen molar-refractivity contribution in [2.24, 2.45) is 5.41 Å². The lowest BCUT2D eigenvalue weighted by Crippen LogP contribution is -2.19. The highest BCUT2D eigenvalue weighted by Gasteiger charge is 2.28. The molecule has 0 saturated heterocycles. The lowest BCUT2D eigenvalue weighted by molar-refractivity contribution is 0.301. The van der Waals surface area contributed by atoms with Crippen molar-refractivity contribution < 1.29 is 13.5 Å². The summed E-state index contributed by atoms with van der Waals surface area (Å²) in [6.45, 7) is 6.24. The average molecular weight is 462 g/mol. The third kappa shape index (κ3) is 5.42. The van der Waals surface area contributed by atoms with E-state index in [2.05, 4.69) is 43.0 Å². The number of aryl methyl sites for hydroxylation is 1. The first-order valence-corrected chi connectivity index (χ1v) is 11.2. The quantitative estimate of drug-likeness (QED) is 0.340. The van der Waals surface area contributed by atoms with Crippen LogP contribution in [0.3, 0.4) is 0 Å². The molecule has 0 N–H and O–H groups in total. The van der Waals surface area contributed by atoms with Crippen LogP contribution in [-0.4, -0.2) is 21.4 Å². The fourth-order valence-corrected chi connectivity index (χ4v) is 4.05. The maximum atomic E-state index is 12.6. The predicted octanol–water partition coefficient (Wildman–Crippen LogP) is 5.62. The Morgan fingerprint density at radius 2 is 1.68 bits per heavy atom. The Kier molecular flexibility index (Phi) is 6.91. The second kappa shape index (κ2) is 10.0. The Labute approximate surface area is 198 Å². The van der Waals surface area contributed by atoms with Gasteiger partial charge >= 0.3 is 5.76 Å². The minimum Gasteiger partial charge on any atom is -0.487 e. The van der Waals surface area contributed by atoms with Gasteiger partial charge < -0.3 is 9.15 Å². The molecular weight excluding hydrogens is 433 g/mol. The van der Waals surface area contributed by atoms with Gasteiger partial charge in [-0.3, -0.25) is 4.98 Å². The average Bonchev–Trinajstić information content (AvgIpc) is 3.19. The predicted molar refractivity (Wildman–Crippen MR) is 128 cm³/mol. The standard InChI is InChI=1S/C27H28FN3O3/c1-27(2,3)24(20-11-13-23(14-12-20)33-18-22-6-4-5-16-29-22)19-7-9-21(10-8-19)25-30-31(17-15-28)26(32)34-25/h4-14,16,24H,15,17-18H2,1-3H3. The highest BCUT2D eigenvalue weighted by Crippen LogP contribution is 2.41. The number of rotatable bonds is 8. The van der Waals surface area contributed by atoms with Crippen molar-refractivity contribution in [2.75, 3.05) is 6.67 Å². The van der Waals surface area contributed by atoms with Gasteiger partial charge in [-0.15, -0.1) is 5.10 Å². The first kappa shape index (κ1) is 23.4. The summed E-state index contributed by atoms with van der Waals surface area (Å²) in [6, 6.07) is 21.7. The fraction of sp³-hybridized carbons (Fsp3) is 0.296. The van der Waals surface area contributed by atoms with E-state index in [1.165, 1.54) is 5.56 Å². The summed E-state index contributed by atoms with van der Waals surface area (Å²) in [7, 11) is 0. The summed E-state index contributed by atoms with van der Waals surface area (Å²) in [5.74, 6) is 0.445. The van der Waals surface area contributed by atoms with Crippen molar-refractivity contribution in [1.29, 1.82) is 0 Å². The summed E-state index contributed by atoms with van der Waals surface area (Å²) < 4.78 is 24.6. The zero-order chi connectivity index (χ0) is 24.1. The van der Waals surface area contributed by atoms with E-state index in [0.29, 0.717) is 12.2 Å². The van der Waals surface area contributed by atoms with Crippen molar-refractivity contribution in [3.05, 3.63) is 100 Å². The molecule has 0 spiro atoms. The summed E-state index contributed by atoms with van der Waals surface area (Å²) in [5.41, 5.74) is 3.80. The van der Waals surface area contributed by atoms with Crippen LogP contribution in [0.1, 0.15) is 43.5 Å². The van der Waals surface area contributed by atoms with Gasteiger partial charge in [0.15, 0.2) is 0 Å². The van der Waals surface area contributed by atoms with Crippen molar-refractivity contribution in [2.45, 2.75) is 39.8 Å². The maximum absolute atomic E-state index is 12.6. The Balaban J connectivity index is 1.54. The lowest BCUT2D eigenvalue weighted by Gasteiger charge is -2.32. The molecule has 0 radical (unpaired) electrons. The zero-order valence-electron chi connectivity index (χ0n) is 19.6. The van der Waals surface area contributed by atoms with Gasteiger partial charge in [0.1, 0.15) is 19.0 Å². The molecule has 0 aliphatic heterocycles. The number of benzene rings is 2. The normalized spacial score (nSPS) is 12.5. The second-order valence-electron chi connectivity index (χ2n) is 9.19. The van der Waals surface area contributed by atoms with Gasteiger partial charge in [-0.25, -0.2) is 9.18 Å². The number of nitrogens with zero attached hydrogens (tertiary/aromatic N) is 3. The van der Waals surface area contributed by atoms with Gasteiger partial charge in [0.05, 0.1) is 12.2 Å². The SMILES string of the molecule is CC(C)(C)C(c1ccc(OCc2ccccn2)cc1)c1ccc(-c2nn(CCF)c(=O)o2)cc1. The third-order valence-corrected chi connectivity index (χ3v) is 5.59. The van der Waals surface area contributed by atoms with Crippen LogP contribution in [0.2, 0.25) is 0 Å². The number of aromatic nitrogens is 3. The van der Waals surface area contributed by atoms with Crippen LogP contribution in [0, 0.1) is 5.41 Å². The van der Waals surface area contributed by atoms with Crippen LogP contribution < -0.4 is 10.5 Å². The molecule has 1 unspecified atom stereocenters. The first-order valence-electron chi connectivity index (χ1n) is 11.2. The van der Waals surface area contributed by atoms with Gasteiger partial charge in [-0.1, -0.05) is 51.1 Å². The van der Waals surface area contributed by atoms with E-state index in [4.69, 9.17) is 9.15 Å².